The predicted molar refractivity (Wildman–Crippen MR) is 79.4 cm³/mol. The molecule has 1 rings (SSSR count). The highest BCUT2D eigenvalue weighted by Crippen LogP contribution is 2.24. The molecule has 108 valence electrons. The molecule has 0 aromatic carbocycles. The fourth-order valence-corrected chi connectivity index (χ4v) is 2.00. The summed E-state index contributed by atoms with van der Waals surface area (Å²) in [6, 6.07) is 0. The van der Waals surface area contributed by atoms with Gasteiger partial charge in [0.05, 0.1) is 22.9 Å². The van der Waals surface area contributed by atoms with Crippen LogP contribution >= 0.6 is 15.9 Å². The maximum Gasteiger partial charge on any atom is 0.144 e. The minimum absolute atomic E-state index is 0.0931. The van der Waals surface area contributed by atoms with E-state index in [4.69, 9.17) is 9.47 Å². The number of nitrogens with zero attached hydrogens (tertiary/aromatic N) is 2. The lowest BCUT2D eigenvalue weighted by atomic mass is 10.2. The van der Waals surface area contributed by atoms with Gasteiger partial charge in [0, 0.05) is 27.2 Å². The van der Waals surface area contributed by atoms with Gasteiger partial charge in [0.25, 0.3) is 0 Å². The molecular weight excluding hydrogens is 310 g/mol. The van der Waals surface area contributed by atoms with Crippen LogP contribution in [0.1, 0.15) is 31.8 Å². The Balaban J connectivity index is 3.00. The van der Waals surface area contributed by atoms with Gasteiger partial charge in [-0.2, -0.15) is 0 Å². The van der Waals surface area contributed by atoms with Crippen molar-refractivity contribution in [1.29, 1.82) is 0 Å². The van der Waals surface area contributed by atoms with Gasteiger partial charge in [-0.15, -0.1) is 0 Å². The van der Waals surface area contributed by atoms with Crippen molar-refractivity contribution in [2.45, 2.75) is 39.4 Å². The average Bonchev–Trinajstić information content (AvgIpc) is 2.40. The molecule has 0 fully saturated rings. The number of anilines is 1. The molecule has 6 heteroatoms. The zero-order valence-electron chi connectivity index (χ0n) is 12.0. The number of nitrogens with one attached hydrogen (secondary N) is 1. The number of ether oxygens (including phenoxy) is 2. The van der Waals surface area contributed by atoms with Crippen LogP contribution in [0.4, 0.5) is 5.82 Å². The van der Waals surface area contributed by atoms with Crippen molar-refractivity contribution >= 4 is 21.7 Å². The lowest BCUT2D eigenvalue weighted by Crippen LogP contribution is -2.15. The topological polar surface area (TPSA) is 56.3 Å². The summed E-state index contributed by atoms with van der Waals surface area (Å²) in [5.74, 6) is 1.59. The van der Waals surface area contributed by atoms with E-state index in [9.17, 15) is 0 Å². The van der Waals surface area contributed by atoms with Crippen molar-refractivity contribution < 1.29 is 9.47 Å². The highest BCUT2D eigenvalue weighted by molar-refractivity contribution is 9.10. The molecule has 0 aliphatic heterocycles. The maximum absolute atomic E-state index is 5.26. The summed E-state index contributed by atoms with van der Waals surface area (Å²) >= 11 is 3.53. The summed E-state index contributed by atoms with van der Waals surface area (Å²) in [6.07, 6.45) is 1.82. The molecule has 1 unspecified atom stereocenters. The number of hydrogen-bond donors (Lipinski definition) is 1. The second kappa shape index (κ2) is 8.45. The highest BCUT2D eigenvalue weighted by Gasteiger charge is 2.13. The Morgan fingerprint density at radius 1 is 1.32 bits per heavy atom. The normalized spacial score (nSPS) is 12.5. The van der Waals surface area contributed by atoms with E-state index < -0.39 is 0 Å². The molecule has 0 aliphatic carbocycles. The van der Waals surface area contributed by atoms with E-state index >= 15 is 0 Å². The van der Waals surface area contributed by atoms with Crippen LogP contribution in [0.2, 0.25) is 0 Å². The Morgan fingerprint density at radius 3 is 2.63 bits per heavy atom. The van der Waals surface area contributed by atoms with Crippen LogP contribution in [0.3, 0.4) is 0 Å². The molecule has 0 saturated carbocycles. The number of halogens is 1. The van der Waals surface area contributed by atoms with Crippen molar-refractivity contribution in [2.24, 2.45) is 0 Å². The molecule has 1 aromatic heterocycles. The molecule has 0 amide bonds. The number of hydrogen-bond acceptors (Lipinski definition) is 5. The van der Waals surface area contributed by atoms with E-state index in [1.165, 1.54) is 0 Å². The minimum Gasteiger partial charge on any atom is -0.381 e. The van der Waals surface area contributed by atoms with Crippen LogP contribution in [0, 0.1) is 0 Å². The van der Waals surface area contributed by atoms with Gasteiger partial charge in [0.15, 0.2) is 0 Å². The summed E-state index contributed by atoms with van der Waals surface area (Å²) in [5, 5.41) is 3.30. The van der Waals surface area contributed by atoms with Crippen molar-refractivity contribution in [3.63, 3.8) is 0 Å². The summed E-state index contributed by atoms with van der Waals surface area (Å²) in [5.41, 5.74) is 0.856. The van der Waals surface area contributed by atoms with Gasteiger partial charge in [0.1, 0.15) is 11.6 Å². The lowest BCUT2D eigenvalue weighted by Gasteiger charge is -2.14. The van der Waals surface area contributed by atoms with Crippen molar-refractivity contribution in [1.82, 2.24) is 9.97 Å². The average molecular weight is 332 g/mol. The number of methoxy groups -OCH3 is 2. The highest BCUT2D eigenvalue weighted by atomic mass is 79.9. The largest absolute Gasteiger partial charge is 0.381 e. The molecule has 0 saturated heterocycles. The second-order valence-corrected chi connectivity index (χ2v) is 5.15. The molecule has 0 aliphatic rings. The Kier molecular flexibility index (Phi) is 7.27. The molecule has 5 nitrogen and oxygen atoms in total. The fourth-order valence-electron chi connectivity index (χ4n) is 1.57. The first-order valence-electron chi connectivity index (χ1n) is 6.43. The Bertz CT molecular complexity index is 402. The standard InChI is InChI=1S/C13H22BrN3O2/c1-5-6-15-13-12(14)10(8-18-3)16-11(17-13)7-9(2)19-4/h9H,5-8H2,1-4H3,(H,15,16,17). The fraction of sp³-hybridized carbons (Fsp3) is 0.692. The summed E-state index contributed by atoms with van der Waals surface area (Å²) in [6.45, 7) is 5.45. The molecule has 1 atom stereocenters. The van der Waals surface area contributed by atoms with E-state index in [2.05, 4.69) is 38.1 Å². The lowest BCUT2D eigenvalue weighted by molar-refractivity contribution is 0.116. The quantitative estimate of drug-likeness (QED) is 0.793. The smallest absolute Gasteiger partial charge is 0.144 e. The third-order valence-corrected chi connectivity index (χ3v) is 3.50. The van der Waals surface area contributed by atoms with E-state index in [-0.39, 0.29) is 6.10 Å². The molecule has 0 spiro atoms. The molecular formula is C13H22BrN3O2. The van der Waals surface area contributed by atoms with Crippen LogP contribution in [0.15, 0.2) is 4.47 Å². The van der Waals surface area contributed by atoms with E-state index in [1.807, 2.05) is 6.92 Å². The van der Waals surface area contributed by atoms with Crippen LogP contribution in [0.5, 0.6) is 0 Å². The Hall–Kier alpha value is -0.720. The van der Waals surface area contributed by atoms with Crippen LogP contribution in [-0.4, -0.2) is 36.8 Å². The van der Waals surface area contributed by atoms with E-state index in [1.54, 1.807) is 14.2 Å². The van der Waals surface area contributed by atoms with Gasteiger partial charge in [-0.1, -0.05) is 6.92 Å². The zero-order valence-corrected chi connectivity index (χ0v) is 13.6. The van der Waals surface area contributed by atoms with Crippen LogP contribution in [-0.2, 0) is 22.5 Å². The van der Waals surface area contributed by atoms with Crippen molar-refractivity contribution in [3.05, 3.63) is 16.0 Å². The Morgan fingerprint density at radius 2 is 2.05 bits per heavy atom. The van der Waals surface area contributed by atoms with Gasteiger partial charge >= 0.3 is 0 Å². The minimum atomic E-state index is 0.0931. The van der Waals surface area contributed by atoms with E-state index in [0.29, 0.717) is 13.0 Å². The van der Waals surface area contributed by atoms with Gasteiger partial charge in [-0.05, 0) is 29.3 Å². The molecule has 1 aromatic rings. The van der Waals surface area contributed by atoms with Gasteiger partial charge in [-0.3, -0.25) is 0 Å². The second-order valence-electron chi connectivity index (χ2n) is 4.36. The molecule has 1 N–H and O–H groups in total. The van der Waals surface area contributed by atoms with Crippen molar-refractivity contribution in [2.75, 3.05) is 26.1 Å². The SMILES string of the molecule is CCCNc1nc(CC(C)OC)nc(COC)c1Br. The molecule has 0 radical (unpaired) electrons. The summed E-state index contributed by atoms with van der Waals surface area (Å²) < 4.78 is 11.3. The predicted octanol–water partition coefficient (Wildman–Crippen LogP) is 2.78. The third-order valence-electron chi connectivity index (χ3n) is 2.66. The van der Waals surface area contributed by atoms with Crippen LogP contribution < -0.4 is 5.32 Å². The summed E-state index contributed by atoms with van der Waals surface area (Å²) in [7, 11) is 3.35. The van der Waals surface area contributed by atoms with Crippen LogP contribution in [0.25, 0.3) is 0 Å². The zero-order chi connectivity index (χ0) is 14.3. The molecule has 0 bridgehead atoms. The molecule has 19 heavy (non-hydrogen) atoms. The van der Waals surface area contributed by atoms with Gasteiger partial charge < -0.3 is 14.8 Å². The first kappa shape index (κ1) is 16.3. The number of rotatable bonds is 8. The first-order valence-corrected chi connectivity index (χ1v) is 7.22. The Labute approximate surface area is 123 Å². The third kappa shape index (κ3) is 5.04. The monoisotopic (exact) mass is 331 g/mol. The first-order chi connectivity index (χ1) is 9.12. The van der Waals surface area contributed by atoms with E-state index in [0.717, 1.165) is 34.8 Å². The van der Waals surface area contributed by atoms with Gasteiger partial charge in [-0.25, -0.2) is 9.97 Å². The van der Waals surface area contributed by atoms with Gasteiger partial charge in [0.2, 0.25) is 0 Å². The molecule has 1 heterocycles. The maximum atomic E-state index is 5.26. The van der Waals surface area contributed by atoms with Crippen molar-refractivity contribution in [3.8, 4) is 0 Å². The number of aromatic nitrogens is 2. The summed E-state index contributed by atoms with van der Waals surface area (Å²) in [4.78, 5) is 9.05.